The number of halogens is 1. The van der Waals surface area contributed by atoms with Crippen molar-refractivity contribution in [1.82, 2.24) is 14.9 Å². The Balaban J connectivity index is 0.000000328. The van der Waals surface area contributed by atoms with Gasteiger partial charge < -0.3 is 24.8 Å². The number of esters is 1. The maximum Gasteiger partial charge on any atom is 0.340 e. The van der Waals surface area contributed by atoms with E-state index in [0.717, 1.165) is 41.3 Å². The van der Waals surface area contributed by atoms with Gasteiger partial charge in [-0.25, -0.2) is 14.2 Å². The molecular weight excluding hydrogens is 493 g/mol. The molecule has 0 bridgehead atoms. The first-order valence-electron chi connectivity index (χ1n) is 12.9. The number of fused-ring (bicyclic) bond motifs is 5. The van der Waals surface area contributed by atoms with E-state index in [9.17, 15) is 23.9 Å². The van der Waals surface area contributed by atoms with Crippen LogP contribution in [-0.2, 0) is 40.3 Å². The van der Waals surface area contributed by atoms with Gasteiger partial charge in [0.2, 0.25) is 5.91 Å². The van der Waals surface area contributed by atoms with E-state index in [1.54, 1.807) is 24.5 Å². The van der Waals surface area contributed by atoms with Gasteiger partial charge in [-0.3, -0.25) is 9.59 Å². The molecule has 1 aliphatic carbocycles. The molecule has 38 heavy (non-hydrogen) atoms. The highest BCUT2D eigenvalue weighted by Gasteiger charge is 2.35. The zero-order valence-corrected chi connectivity index (χ0v) is 22.0. The number of aliphatic hydroxyl groups excluding tert-OH is 2. The van der Waals surface area contributed by atoms with Crippen LogP contribution in [0.5, 0.6) is 0 Å². The minimum absolute atomic E-state index is 0.141. The van der Waals surface area contributed by atoms with Gasteiger partial charge in [0.05, 0.1) is 29.0 Å². The normalized spacial score (nSPS) is 16.2. The summed E-state index contributed by atoms with van der Waals surface area (Å²) in [6.45, 7) is 8.02. The molecule has 0 saturated heterocycles. The molecule has 9 nitrogen and oxygen atoms in total. The predicted molar refractivity (Wildman–Crippen MR) is 139 cm³/mol. The van der Waals surface area contributed by atoms with E-state index >= 15 is 0 Å². The van der Waals surface area contributed by atoms with Crippen LogP contribution in [0.1, 0.15) is 66.7 Å². The Hall–Kier alpha value is -3.63. The van der Waals surface area contributed by atoms with E-state index in [-0.39, 0.29) is 29.5 Å². The number of hydrogen-bond acceptors (Lipinski definition) is 7. The molecule has 0 radical (unpaired) electrons. The molecule has 0 fully saturated rings. The van der Waals surface area contributed by atoms with Crippen LogP contribution in [0, 0.1) is 12.7 Å². The second-order valence-corrected chi connectivity index (χ2v) is 9.10. The molecule has 1 unspecified atom stereocenters. The lowest BCUT2D eigenvalue weighted by Crippen LogP contribution is -2.32. The van der Waals surface area contributed by atoms with Gasteiger partial charge in [-0.1, -0.05) is 13.8 Å². The predicted octanol–water partition coefficient (Wildman–Crippen LogP) is 2.59. The smallest absolute Gasteiger partial charge is 0.340 e. The summed E-state index contributed by atoms with van der Waals surface area (Å²) in [4.78, 5) is 39.6. The van der Waals surface area contributed by atoms with Crippen LogP contribution in [0.3, 0.4) is 0 Å². The number of carbonyl (C=O) groups is 2. The monoisotopic (exact) mass is 525 g/mol. The van der Waals surface area contributed by atoms with Crippen molar-refractivity contribution in [2.24, 2.45) is 0 Å². The molecule has 2 aromatic heterocycles. The van der Waals surface area contributed by atoms with Gasteiger partial charge >= 0.3 is 5.97 Å². The van der Waals surface area contributed by atoms with E-state index in [1.807, 2.05) is 13.8 Å². The number of rotatable bonds is 2. The van der Waals surface area contributed by atoms with Crippen LogP contribution in [0.25, 0.3) is 22.3 Å². The molecule has 202 valence electrons. The highest BCUT2D eigenvalue weighted by atomic mass is 19.1. The Morgan fingerprint density at radius 1 is 1.18 bits per heavy atom. The summed E-state index contributed by atoms with van der Waals surface area (Å²) in [5.74, 6) is -1.35. The summed E-state index contributed by atoms with van der Waals surface area (Å²) < 4.78 is 21.1. The number of aryl methyl sites for hydroxylation is 2. The van der Waals surface area contributed by atoms with E-state index in [1.165, 1.54) is 6.07 Å². The first-order chi connectivity index (χ1) is 18.3. The van der Waals surface area contributed by atoms with Crippen molar-refractivity contribution in [2.45, 2.75) is 66.2 Å². The zero-order chi connectivity index (χ0) is 27.7. The molecular formula is C28H32FN3O6. The minimum atomic E-state index is -1.48. The maximum atomic E-state index is 14.5. The van der Waals surface area contributed by atoms with Crippen molar-refractivity contribution in [3.63, 3.8) is 0 Å². The number of pyridine rings is 2. The van der Waals surface area contributed by atoms with E-state index in [0.29, 0.717) is 41.1 Å². The third-order valence-electron chi connectivity index (χ3n) is 7.06. The van der Waals surface area contributed by atoms with E-state index in [2.05, 4.69) is 5.32 Å². The molecule has 3 N–H and O–H groups in total. The fourth-order valence-corrected chi connectivity index (χ4v) is 5.32. The van der Waals surface area contributed by atoms with Gasteiger partial charge in [0.25, 0.3) is 5.56 Å². The Labute approximate surface area is 219 Å². The zero-order valence-electron chi connectivity index (χ0n) is 22.0. The first-order valence-corrected chi connectivity index (χ1v) is 12.9. The number of likely N-dealkylation sites (N-methyl/N-ethyl adjacent to an activating group) is 1. The lowest BCUT2D eigenvalue weighted by Gasteiger charge is -2.22. The van der Waals surface area contributed by atoms with Crippen LogP contribution in [-0.4, -0.2) is 44.8 Å². The molecule has 3 aromatic rings. The van der Waals surface area contributed by atoms with Crippen LogP contribution in [0.4, 0.5) is 4.39 Å². The molecule has 0 spiro atoms. The van der Waals surface area contributed by atoms with Crippen molar-refractivity contribution in [3.8, 4) is 11.4 Å². The summed E-state index contributed by atoms with van der Waals surface area (Å²) in [7, 11) is 0. The number of ether oxygens (including phenoxy) is 1. The summed E-state index contributed by atoms with van der Waals surface area (Å²) in [6, 6.07) is 3.13. The van der Waals surface area contributed by atoms with Crippen LogP contribution >= 0.6 is 0 Å². The minimum Gasteiger partial charge on any atom is -0.458 e. The molecule has 4 heterocycles. The molecule has 0 saturated carbocycles. The topological polar surface area (TPSA) is 131 Å². The highest BCUT2D eigenvalue weighted by molar-refractivity contribution is 5.92. The fourth-order valence-electron chi connectivity index (χ4n) is 5.32. The molecule has 3 aliphatic rings. The summed E-state index contributed by atoms with van der Waals surface area (Å²) in [5.41, 5.74) is 5.86. The Kier molecular flexibility index (Phi) is 7.94. The van der Waals surface area contributed by atoms with Crippen molar-refractivity contribution >= 4 is 22.8 Å². The summed E-state index contributed by atoms with van der Waals surface area (Å²) in [5, 5.41) is 21.7. The third kappa shape index (κ3) is 4.48. The number of nitrogens with one attached hydrogen (secondary N) is 1. The Morgan fingerprint density at radius 3 is 2.55 bits per heavy atom. The lowest BCUT2D eigenvalue weighted by atomic mass is 9.85. The third-order valence-corrected chi connectivity index (χ3v) is 7.06. The van der Waals surface area contributed by atoms with Crippen LogP contribution in [0.2, 0.25) is 0 Å². The van der Waals surface area contributed by atoms with Gasteiger partial charge in [-0.15, -0.1) is 0 Å². The SMILES string of the molecule is CC.CCNC(=O)CO.Cc1c(F)cc2nc3c(c4c2c1CCC4)Cn1c-3cc2c(c1=O)COC(=O)C2O. The molecule has 10 heteroatoms. The fraction of sp³-hybridized carbons (Fsp3) is 0.429. The number of carbonyl (C=O) groups excluding carboxylic acids is 2. The van der Waals surface area contributed by atoms with Gasteiger partial charge in [0.1, 0.15) is 19.0 Å². The number of aromatic nitrogens is 2. The molecule has 6 rings (SSSR count). The number of aliphatic hydroxyl groups is 2. The maximum absolute atomic E-state index is 14.5. The number of amides is 1. The van der Waals surface area contributed by atoms with Gasteiger partial charge in [0.15, 0.2) is 6.10 Å². The molecule has 1 aromatic carbocycles. The van der Waals surface area contributed by atoms with Crippen molar-refractivity contribution in [2.75, 3.05) is 13.2 Å². The van der Waals surface area contributed by atoms with Crippen LogP contribution < -0.4 is 10.9 Å². The van der Waals surface area contributed by atoms with Gasteiger partial charge in [-0.05, 0) is 55.9 Å². The molecule has 2 aliphatic heterocycles. The quantitative estimate of drug-likeness (QED) is 0.343. The van der Waals surface area contributed by atoms with Crippen molar-refractivity contribution < 1.29 is 28.9 Å². The van der Waals surface area contributed by atoms with Gasteiger partial charge in [0, 0.05) is 29.1 Å². The second-order valence-electron chi connectivity index (χ2n) is 9.10. The number of cyclic esters (lactones) is 1. The lowest BCUT2D eigenvalue weighted by molar-refractivity contribution is -0.157. The number of nitrogens with zero attached hydrogens (tertiary/aromatic N) is 2. The molecule has 1 amide bonds. The average Bonchev–Trinajstić information content (AvgIpc) is 3.30. The van der Waals surface area contributed by atoms with Gasteiger partial charge in [-0.2, -0.15) is 0 Å². The van der Waals surface area contributed by atoms with Crippen molar-refractivity contribution in [3.05, 3.63) is 61.7 Å². The average molecular weight is 526 g/mol. The number of hydrogen-bond donors (Lipinski definition) is 3. The van der Waals surface area contributed by atoms with Crippen molar-refractivity contribution in [1.29, 1.82) is 0 Å². The Bertz CT molecular complexity index is 1500. The standard InChI is InChI=1S/C22H17FN2O4.C4H9NO2.C2H6/c1-9-10-3-2-4-11-13-7-25-17(19(13)24-16(18(10)11)6-15(9)23)5-12-14(21(25)27)8-29-22(28)20(12)26;1-2-5-4(7)3-6;1-2/h5-6,20,26H,2-4,7-8H2,1H3;6H,2-3H2,1H3,(H,5,7);1-2H3. The van der Waals surface area contributed by atoms with E-state index in [4.69, 9.17) is 14.8 Å². The van der Waals surface area contributed by atoms with Crippen LogP contribution in [0.15, 0.2) is 16.9 Å². The Morgan fingerprint density at radius 2 is 1.89 bits per heavy atom. The highest BCUT2D eigenvalue weighted by Crippen LogP contribution is 2.41. The van der Waals surface area contributed by atoms with E-state index < -0.39 is 18.7 Å². The first kappa shape index (κ1) is 27.4. The summed E-state index contributed by atoms with van der Waals surface area (Å²) >= 11 is 0. The number of benzene rings is 1. The summed E-state index contributed by atoms with van der Waals surface area (Å²) in [6.07, 6.45) is 1.12. The largest absolute Gasteiger partial charge is 0.458 e. The second kappa shape index (κ2) is 11.0. The molecule has 1 atom stereocenters.